The van der Waals surface area contributed by atoms with Gasteiger partial charge in [-0.15, -0.1) is 6.58 Å². The number of rotatable bonds is 16. The summed E-state index contributed by atoms with van der Waals surface area (Å²) in [5.74, 6) is 0.537. The van der Waals surface area contributed by atoms with Crippen LogP contribution in [0.1, 0.15) is 59.3 Å². The summed E-state index contributed by atoms with van der Waals surface area (Å²) in [6.07, 6.45) is 9.42. The molecule has 0 aliphatic carbocycles. The third-order valence-corrected chi connectivity index (χ3v) is 11.5. The van der Waals surface area contributed by atoms with Crippen LogP contribution in [0, 0.1) is 5.92 Å². The van der Waals surface area contributed by atoms with E-state index in [1.807, 2.05) is 42.5 Å². The lowest BCUT2D eigenvalue weighted by Gasteiger charge is -2.41. The van der Waals surface area contributed by atoms with Gasteiger partial charge < -0.3 is 14.3 Å². The molecule has 2 aromatic carbocycles. The fourth-order valence-corrected chi connectivity index (χ4v) is 8.69. The molecule has 0 bridgehead atoms. The van der Waals surface area contributed by atoms with Crippen molar-refractivity contribution in [2.45, 2.75) is 76.7 Å². The first-order valence-corrected chi connectivity index (χ1v) is 14.5. The van der Waals surface area contributed by atoms with Gasteiger partial charge in [0.1, 0.15) is 0 Å². The number of unbranched alkanes of at least 4 members (excludes halogenated alkanes) is 1. The van der Waals surface area contributed by atoms with Crippen molar-refractivity contribution in [2.24, 2.45) is 5.92 Å². The van der Waals surface area contributed by atoms with Gasteiger partial charge in [0.05, 0.1) is 6.10 Å². The number of methoxy groups -OCH3 is 1. The molecule has 0 saturated carbocycles. The lowest BCUT2D eigenvalue weighted by molar-refractivity contribution is -0.129. The summed E-state index contributed by atoms with van der Waals surface area (Å²) in [7, 11) is -1.29. The first-order valence-electron chi connectivity index (χ1n) is 12.5. The highest BCUT2D eigenvalue weighted by Crippen LogP contribution is 2.40. The lowest BCUT2D eigenvalue weighted by atomic mass is 9.94. The molecule has 1 N–H and O–H groups in total. The van der Waals surface area contributed by atoms with E-state index < -0.39 is 8.32 Å². The van der Waals surface area contributed by atoms with Crippen LogP contribution in [-0.4, -0.2) is 32.6 Å². The van der Waals surface area contributed by atoms with Crippen LogP contribution in [0.25, 0.3) is 0 Å². The highest BCUT2D eigenvalue weighted by atomic mass is 28.4. The van der Waals surface area contributed by atoms with E-state index in [-0.39, 0.29) is 17.4 Å². The van der Waals surface area contributed by atoms with Crippen LogP contribution in [-0.2, 0) is 9.47 Å². The fraction of sp³-hybridized carbons (Fsp3) is 0.467. The topological polar surface area (TPSA) is 38.7 Å². The van der Waals surface area contributed by atoms with Crippen molar-refractivity contribution in [1.82, 2.24) is 0 Å². The molecule has 34 heavy (non-hydrogen) atoms. The van der Waals surface area contributed by atoms with E-state index in [2.05, 4.69) is 58.2 Å². The smallest absolute Gasteiger partial charge is 0.258 e. The molecule has 4 heteroatoms. The Labute approximate surface area is 208 Å². The van der Waals surface area contributed by atoms with Crippen LogP contribution in [0.5, 0.6) is 0 Å². The van der Waals surface area contributed by atoms with Crippen LogP contribution >= 0.6 is 0 Å². The van der Waals surface area contributed by atoms with E-state index >= 15 is 0 Å². The predicted molar refractivity (Wildman–Crippen MR) is 147 cm³/mol. The van der Waals surface area contributed by atoms with Crippen molar-refractivity contribution in [3.05, 3.63) is 86.0 Å². The molecular weight excluding hydrogens is 436 g/mol. The minimum absolute atomic E-state index is 0.0838. The van der Waals surface area contributed by atoms with Crippen LogP contribution in [0.3, 0.4) is 0 Å². The van der Waals surface area contributed by atoms with E-state index in [1.54, 1.807) is 13.2 Å². The zero-order valence-electron chi connectivity index (χ0n) is 21.6. The summed E-state index contributed by atoms with van der Waals surface area (Å²) in [5, 5.41) is 1.97. The van der Waals surface area contributed by atoms with Crippen LogP contribution < -0.4 is 10.4 Å². The van der Waals surface area contributed by atoms with Crippen molar-refractivity contribution in [3.8, 4) is 0 Å². The third-order valence-electron chi connectivity index (χ3n) is 6.96. The fourth-order valence-electron chi connectivity index (χ4n) is 4.90. The predicted octanol–water partition coefficient (Wildman–Crippen LogP) is 6.23. The average Bonchev–Trinajstić information content (AvgIpc) is 2.85. The molecule has 0 saturated heterocycles. The SMILES string of the molecule is C=CC[C@@H](C[C@@H](C)CCCCC(C)(C)[Si](O)(c1ccccc1)c1ccccc1)OC(C=C)OC. The number of ether oxygens (including phenoxy) is 2. The Kier molecular flexibility index (Phi) is 11.5. The first kappa shape index (κ1) is 28.3. The summed E-state index contributed by atoms with van der Waals surface area (Å²) in [6, 6.07) is 20.6. The summed E-state index contributed by atoms with van der Waals surface area (Å²) in [6.45, 7) is 14.4. The zero-order valence-corrected chi connectivity index (χ0v) is 22.6. The van der Waals surface area contributed by atoms with Crippen LogP contribution in [0.4, 0.5) is 0 Å². The second-order valence-electron chi connectivity index (χ2n) is 10.0. The molecule has 0 amide bonds. The highest BCUT2D eigenvalue weighted by molar-refractivity contribution is 6.98. The average molecular weight is 481 g/mol. The molecule has 186 valence electrons. The molecule has 0 fully saturated rings. The van der Waals surface area contributed by atoms with E-state index in [1.165, 1.54) is 0 Å². The maximum atomic E-state index is 12.3. The monoisotopic (exact) mass is 480 g/mol. The molecule has 0 aliphatic rings. The molecule has 0 heterocycles. The van der Waals surface area contributed by atoms with Gasteiger partial charge in [-0.25, -0.2) is 0 Å². The van der Waals surface area contributed by atoms with E-state index in [9.17, 15) is 4.80 Å². The molecule has 2 aromatic rings. The summed E-state index contributed by atoms with van der Waals surface area (Å²) < 4.78 is 11.3. The Morgan fingerprint density at radius 3 is 2.00 bits per heavy atom. The Morgan fingerprint density at radius 1 is 0.971 bits per heavy atom. The summed E-state index contributed by atoms with van der Waals surface area (Å²) >= 11 is 0. The first-order chi connectivity index (χ1) is 16.3. The van der Waals surface area contributed by atoms with Gasteiger partial charge >= 0.3 is 0 Å². The van der Waals surface area contributed by atoms with Crippen LogP contribution in [0.15, 0.2) is 86.0 Å². The van der Waals surface area contributed by atoms with Gasteiger partial charge in [-0.3, -0.25) is 0 Å². The van der Waals surface area contributed by atoms with Crippen molar-refractivity contribution in [1.29, 1.82) is 0 Å². The lowest BCUT2D eigenvalue weighted by Crippen LogP contribution is -2.65. The van der Waals surface area contributed by atoms with Crippen LogP contribution in [0.2, 0.25) is 5.04 Å². The van der Waals surface area contributed by atoms with Gasteiger partial charge in [-0.05, 0) is 46.7 Å². The maximum Gasteiger partial charge on any atom is 0.258 e. The van der Waals surface area contributed by atoms with Gasteiger partial charge in [0.15, 0.2) is 6.29 Å². The number of hydrogen-bond acceptors (Lipinski definition) is 3. The molecule has 0 aliphatic heterocycles. The maximum absolute atomic E-state index is 12.3. The zero-order chi connectivity index (χ0) is 25.0. The van der Waals surface area contributed by atoms with Crippen molar-refractivity contribution in [2.75, 3.05) is 7.11 Å². The number of hydrogen-bond donors (Lipinski definition) is 1. The Hall–Kier alpha value is -1.98. The Bertz CT molecular complexity index is 810. The second-order valence-corrected chi connectivity index (χ2v) is 14.0. The quantitative estimate of drug-likeness (QED) is 0.134. The van der Waals surface area contributed by atoms with E-state index in [4.69, 9.17) is 9.47 Å². The van der Waals surface area contributed by atoms with Gasteiger partial charge in [-0.1, -0.05) is 113 Å². The van der Waals surface area contributed by atoms with Gasteiger partial charge in [0.2, 0.25) is 0 Å². The molecule has 3 atom stereocenters. The molecule has 0 radical (unpaired) electrons. The normalized spacial score (nSPS) is 14.9. The van der Waals surface area contributed by atoms with Gasteiger partial charge in [-0.2, -0.15) is 0 Å². The van der Waals surface area contributed by atoms with Crippen molar-refractivity contribution < 1.29 is 14.3 Å². The molecule has 1 unspecified atom stereocenters. The van der Waals surface area contributed by atoms with E-state index in [0.29, 0.717) is 5.92 Å². The minimum atomic E-state index is -2.92. The third kappa shape index (κ3) is 7.51. The number of benzene rings is 2. The largest absolute Gasteiger partial charge is 0.424 e. The molecule has 0 aromatic heterocycles. The summed E-state index contributed by atoms with van der Waals surface area (Å²) in [5.41, 5.74) is 0. The standard InChI is InChI=1S/C30H44O3Si/c1-7-17-26(33-29(8-2)32-6)24-25(3)18-15-16-23-30(4,5)34(31,27-19-11-9-12-20-27)28-21-13-10-14-22-28/h7-14,19-22,25-26,29,31H,1-2,15-18,23-24H2,3-6H3/t25-,26-,29?/m0/s1. The second kappa shape index (κ2) is 13.8. The van der Waals surface area contributed by atoms with Crippen molar-refractivity contribution >= 4 is 18.7 Å². The molecule has 0 spiro atoms. The highest BCUT2D eigenvalue weighted by Gasteiger charge is 2.49. The molecule has 3 nitrogen and oxygen atoms in total. The van der Waals surface area contributed by atoms with Crippen molar-refractivity contribution in [3.63, 3.8) is 0 Å². The summed E-state index contributed by atoms with van der Waals surface area (Å²) in [4.78, 5) is 12.3. The Balaban J connectivity index is 2.00. The van der Waals surface area contributed by atoms with Gasteiger partial charge in [0.25, 0.3) is 8.32 Å². The Morgan fingerprint density at radius 2 is 1.53 bits per heavy atom. The molecular formula is C30H44O3Si. The molecule has 2 rings (SSSR count). The van der Waals surface area contributed by atoms with E-state index in [0.717, 1.165) is 48.9 Å². The van der Waals surface area contributed by atoms with Gasteiger partial charge in [0, 0.05) is 7.11 Å². The minimum Gasteiger partial charge on any atom is -0.424 e.